The molecular formula is C17H21ClN4O3. The molecule has 2 aromatic rings. The highest BCUT2D eigenvalue weighted by Gasteiger charge is 2.16. The minimum Gasteiger partial charge on any atom is -0.483 e. The van der Waals surface area contributed by atoms with Crippen LogP contribution < -0.4 is 10.2 Å². The Morgan fingerprint density at radius 2 is 2.12 bits per heavy atom. The Balaban J connectivity index is 0.000000701. The molecule has 134 valence electrons. The van der Waals surface area contributed by atoms with Gasteiger partial charge < -0.3 is 20.3 Å². The van der Waals surface area contributed by atoms with Gasteiger partial charge in [-0.25, -0.2) is 4.98 Å². The van der Waals surface area contributed by atoms with Crippen molar-refractivity contribution >= 4 is 29.7 Å². The summed E-state index contributed by atoms with van der Waals surface area (Å²) in [6, 6.07) is 5.52. The molecule has 0 bridgehead atoms. The second-order valence-electron chi connectivity index (χ2n) is 5.51. The van der Waals surface area contributed by atoms with Gasteiger partial charge in [0.25, 0.3) is 12.4 Å². The number of carbonyl (C=O) groups is 2. The maximum absolute atomic E-state index is 12.1. The number of nitrogens with one attached hydrogen (secondary N) is 2. The lowest BCUT2D eigenvalue weighted by Crippen LogP contribution is -2.26. The number of hydrogen-bond acceptors (Lipinski definition) is 4. The third-order valence-corrected chi connectivity index (χ3v) is 4.16. The van der Waals surface area contributed by atoms with E-state index in [2.05, 4.69) is 20.2 Å². The molecule has 0 spiro atoms. The van der Waals surface area contributed by atoms with Gasteiger partial charge in [-0.3, -0.25) is 9.59 Å². The zero-order chi connectivity index (χ0) is 18.1. The molecule has 7 nitrogen and oxygen atoms in total. The maximum atomic E-state index is 12.1. The van der Waals surface area contributed by atoms with Gasteiger partial charge in [-0.05, 0) is 31.0 Å². The van der Waals surface area contributed by atoms with Crippen LogP contribution in [0.15, 0.2) is 30.6 Å². The van der Waals surface area contributed by atoms with Crippen LogP contribution in [0, 0.1) is 0 Å². The van der Waals surface area contributed by atoms with E-state index in [-0.39, 0.29) is 12.4 Å². The van der Waals surface area contributed by atoms with Crippen molar-refractivity contribution in [2.75, 3.05) is 24.5 Å². The Kier molecular flexibility index (Phi) is 7.28. The van der Waals surface area contributed by atoms with Gasteiger partial charge in [0, 0.05) is 44.0 Å². The second-order valence-corrected chi connectivity index (χ2v) is 5.91. The molecule has 1 amide bonds. The number of anilines is 1. The summed E-state index contributed by atoms with van der Waals surface area (Å²) in [5.41, 5.74) is 1.61. The van der Waals surface area contributed by atoms with Crippen LogP contribution in [-0.4, -0.2) is 47.1 Å². The highest BCUT2D eigenvalue weighted by Crippen LogP contribution is 2.29. The molecule has 2 heterocycles. The predicted octanol–water partition coefficient (Wildman–Crippen LogP) is 2.34. The van der Waals surface area contributed by atoms with Crippen molar-refractivity contribution in [3.8, 4) is 0 Å². The Morgan fingerprint density at radius 1 is 1.40 bits per heavy atom. The number of rotatable bonds is 5. The number of nitrogens with zero attached hydrogens (tertiary/aromatic N) is 2. The summed E-state index contributed by atoms with van der Waals surface area (Å²) in [7, 11) is 0. The van der Waals surface area contributed by atoms with Gasteiger partial charge in [-0.2, -0.15) is 0 Å². The van der Waals surface area contributed by atoms with Crippen LogP contribution in [0.4, 0.5) is 5.69 Å². The van der Waals surface area contributed by atoms with Crippen molar-refractivity contribution in [3.05, 3.63) is 47.0 Å². The van der Waals surface area contributed by atoms with Gasteiger partial charge in [-0.1, -0.05) is 11.6 Å². The highest BCUT2D eigenvalue weighted by atomic mass is 35.5. The minimum absolute atomic E-state index is 0.110. The van der Waals surface area contributed by atoms with E-state index < -0.39 is 0 Å². The van der Waals surface area contributed by atoms with Crippen LogP contribution >= 0.6 is 11.6 Å². The molecule has 1 aliphatic heterocycles. The van der Waals surface area contributed by atoms with E-state index >= 15 is 0 Å². The number of carbonyl (C=O) groups excluding carboxylic acids is 1. The summed E-state index contributed by atoms with van der Waals surface area (Å²) in [4.78, 5) is 29.9. The van der Waals surface area contributed by atoms with Crippen LogP contribution in [0.2, 0.25) is 5.02 Å². The second kappa shape index (κ2) is 9.68. The molecule has 1 aliphatic rings. The summed E-state index contributed by atoms with van der Waals surface area (Å²) in [6.45, 7) is 2.36. The van der Waals surface area contributed by atoms with E-state index in [0.717, 1.165) is 24.6 Å². The molecule has 0 unspecified atom stereocenters. The molecule has 0 atom stereocenters. The number of H-pyrrole nitrogens is 1. The summed E-state index contributed by atoms with van der Waals surface area (Å²) < 4.78 is 0. The normalized spacial score (nSPS) is 13.1. The standard InChI is InChI=1S/C16H19ClN4O.CH2O2/c17-13-11-12(3-4-14(13)21-9-1-2-10-21)16(22)20-6-5-15-18-7-8-19-15;2-1-3/h3-4,7-8,11H,1-2,5-6,9-10H2,(H,18,19)(H,20,22);1H,(H,2,3). The van der Waals surface area contributed by atoms with Crippen molar-refractivity contribution in [1.29, 1.82) is 0 Å². The Bertz CT molecular complexity index is 685. The molecule has 1 fully saturated rings. The Hall–Kier alpha value is -2.54. The molecular weight excluding hydrogens is 344 g/mol. The number of hydrogen-bond donors (Lipinski definition) is 3. The van der Waals surface area contributed by atoms with Crippen molar-refractivity contribution in [3.63, 3.8) is 0 Å². The smallest absolute Gasteiger partial charge is 0.290 e. The topological polar surface area (TPSA) is 98.3 Å². The van der Waals surface area contributed by atoms with Crippen molar-refractivity contribution in [2.45, 2.75) is 19.3 Å². The lowest BCUT2D eigenvalue weighted by molar-refractivity contribution is -0.122. The molecule has 0 aliphatic carbocycles. The largest absolute Gasteiger partial charge is 0.483 e. The van der Waals surface area contributed by atoms with Crippen LogP contribution in [-0.2, 0) is 11.2 Å². The average Bonchev–Trinajstić information content (AvgIpc) is 3.29. The van der Waals surface area contributed by atoms with E-state index in [4.69, 9.17) is 21.5 Å². The number of aromatic nitrogens is 2. The summed E-state index contributed by atoms with van der Waals surface area (Å²) in [5.74, 6) is 0.754. The van der Waals surface area contributed by atoms with Gasteiger partial charge in [0.05, 0.1) is 10.7 Å². The zero-order valence-corrected chi connectivity index (χ0v) is 14.5. The SMILES string of the molecule is O=C(NCCc1ncc[nH]1)c1ccc(N2CCCC2)c(Cl)c1.O=CO. The van der Waals surface area contributed by atoms with Crippen molar-refractivity contribution in [1.82, 2.24) is 15.3 Å². The molecule has 0 radical (unpaired) electrons. The fraction of sp³-hybridized carbons (Fsp3) is 0.353. The van der Waals surface area contributed by atoms with Crippen LogP contribution in [0.25, 0.3) is 0 Å². The van der Waals surface area contributed by atoms with Gasteiger partial charge >= 0.3 is 0 Å². The number of carboxylic acid groups (broad SMARTS) is 1. The molecule has 3 N–H and O–H groups in total. The van der Waals surface area contributed by atoms with Gasteiger partial charge in [0.15, 0.2) is 0 Å². The molecule has 8 heteroatoms. The van der Waals surface area contributed by atoms with E-state index in [9.17, 15) is 4.79 Å². The van der Waals surface area contributed by atoms with E-state index in [1.165, 1.54) is 12.8 Å². The summed E-state index contributed by atoms with van der Waals surface area (Å²) >= 11 is 6.33. The molecule has 3 rings (SSSR count). The number of halogens is 1. The first-order chi connectivity index (χ1) is 12.2. The predicted molar refractivity (Wildman–Crippen MR) is 96.2 cm³/mol. The molecule has 25 heavy (non-hydrogen) atoms. The number of aromatic amines is 1. The molecule has 1 saturated heterocycles. The van der Waals surface area contributed by atoms with Gasteiger partial charge in [0.1, 0.15) is 5.82 Å². The average molecular weight is 365 g/mol. The minimum atomic E-state index is -0.250. The van der Waals surface area contributed by atoms with Crippen LogP contribution in [0.3, 0.4) is 0 Å². The first-order valence-corrected chi connectivity index (χ1v) is 8.42. The zero-order valence-electron chi connectivity index (χ0n) is 13.7. The fourth-order valence-corrected chi connectivity index (χ4v) is 2.99. The summed E-state index contributed by atoms with van der Waals surface area (Å²) in [5, 5.41) is 10.4. The van der Waals surface area contributed by atoms with E-state index in [1.807, 2.05) is 12.1 Å². The third kappa shape index (κ3) is 5.49. The van der Waals surface area contributed by atoms with Gasteiger partial charge in [0.2, 0.25) is 0 Å². The van der Waals surface area contributed by atoms with Crippen molar-refractivity contribution in [2.24, 2.45) is 0 Å². The fourth-order valence-electron chi connectivity index (χ4n) is 2.69. The van der Waals surface area contributed by atoms with E-state index in [1.54, 1.807) is 18.5 Å². The molecule has 1 aromatic heterocycles. The third-order valence-electron chi connectivity index (χ3n) is 3.86. The highest BCUT2D eigenvalue weighted by molar-refractivity contribution is 6.33. The summed E-state index contributed by atoms with van der Waals surface area (Å²) in [6.07, 6.45) is 6.55. The quantitative estimate of drug-likeness (QED) is 0.707. The first-order valence-electron chi connectivity index (χ1n) is 8.04. The molecule has 0 saturated carbocycles. The van der Waals surface area contributed by atoms with Crippen molar-refractivity contribution < 1.29 is 14.7 Å². The number of amides is 1. The van der Waals surface area contributed by atoms with E-state index in [0.29, 0.717) is 23.6 Å². The maximum Gasteiger partial charge on any atom is 0.290 e. The van der Waals surface area contributed by atoms with Gasteiger partial charge in [-0.15, -0.1) is 0 Å². The van der Waals surface area contributed by atoms with Crippen LogP contribution in [0.1, 0.15) is 29.0 Å². The number of benzene rings is 1. The lowest BCUT2D eigenvalue weighted by Gasteiger charge is -2.19. The lowest BCUT2D eigenvalue weighted by atomic mass is 10.2. The molecule has 1 aromatic carbocycles. The Labute approximate surface area is 151 Å². The number of imidazole rings is 1. The monoisotopic (exact) mass is 364 g/mol. The van der Waals surface area contributed by atoms with Crippen LogP contribution in [0.5, 0.6) is 0 Å². The first kappa shape index (κ1) is 18.8. The Morgan fingerprint density at radius 3 is 2.72 bits per heavy atom.